The SMILES string of the molecule is CCCN(CC1CC1)c1nc(N)ncc1F. The Hall–Kier alpha value is -1.39. The molecule has 2 rings (SSSR count). The Labute approximate surface area is 94.7 Å². The number of aromatic nitrogens is 2. The second-order valence-corrected chi connectivity index (χ2v) is 4.29. The second kappa shape index (κ2) is 4.63. The van der Waals surface area contributed by atoms with E-state index in [0.29, 0.717) is 11.7 Å². The standard InChI is InChI=1S/C11H17FN4/c1-2-5-16(7-8-3-4-8)10-9(12)6-14-11(13)15-10/h6,8H,2-5,7H2,1H3,(H2,13,14,15). The number of nitrogens with zero attached hydrogens (tertiary/aromatic N) is 3. The largest absolute Gasteiger partial charge is 0.368 e. The fraction of sp³-hybridized carbons (Fsp3) is 0.636. The van der Waals surface area contributed by atoms with Gasteiger partial charge >= 0.3 is 0 Å². The average molecular weight is 224 g/mol. The molecule has 0 saturated heterocycles. The monoisotopic (exact) mass is 224 g/mol. The summed E-state index contributed by atoms with van der Waals surface area (Å²) in [5.41, 5.74) is 5.49. The first-order chi connectivity index (χ1) is 7.70. The summed E-state index contributed by atoms with van der Waals surface area (Å²) in [5, 5.41) is 0. The maximum atomic E-state index is 13.6. The molecule has 1 aromatic heterocycles. The topological polar surface area (TPSA) is 55.0 Å². The van der Waals surface area contributed by atoms with E-state index in [4.69, 9.17) is 5.73 Å². The van der Waals surface area contributed by atoms with Crippen LogP contribution in [0.4, 0.5) is 16.2 Å². The van der Waals surface area contributed by atoms with Gasteiger partial charge in [-0.2, -0.15) is 4.98 Å². The number of anilines is 2. The number of nitrogens with two attached hydrogens (primary N) is 1. The summed E-state index contributed by atoms with van der Waals surface area (Å²) >= 11 is 0. The molecule has 1 aromatic rings. The molecule has 1 aliphatic rings. The molecule has 1 heterocycles. The van der Waals surface area contributed by atoms with Gasteiger partial charge in [-0.05, 0) is 25.2 Å². The zero-order chi connectivity index (χ0) is 11.5. The lowest BCUT2D eigenvalue weighted by Gasteiger charge is -2.23. The van der Waals surface area contributed by atoms with E-state index in [0.717, 1.165) is 25.7 Å². The summed E-state index contributed by atoms with van der Waals surface area (Å²) in [5.74, 6) is 0.792. The molecular formula is C11H17FN4. The van der Waals surface area contributed by atoms with Gasteiger partial charge in [0.2, 0.25) is 5.95 Å². The number of hydrogen-bond acceptors (Lipinski definition) is 4. The van der Waals surface area contributed by atoms with E-state index in [9.17, 15) is 4.39 Å². The molecule has 0 unspecified atom stereocenters. The predicted octanol–water partition coefficient (Wildman–Crippen LogP) is 1.82. The van der Waals surface area contributed by atoms with Crippen LogP contribution in [0.25, 0.3) is 0 Å². The lowest BCUT2D eigenvalue weighted by atomic mass is 10.3. The minimum atomic E-state index is -0.386. The van der Waals surface area contributed by atoms with Crippen molar-refractivity contribution in [2.45, 2.75) is 26.2 Å². The van der Waals surface area contributed by atoms with E-state index < -0.39 is 0 Å². The molecule has 88 valence electrons. The molecule has 5 heteroatoms. The van der Waals surface area contributed by atoms with Gasteiger partial charge in [0.25, 0.3) is 0 Å². The van der Waals surface area contributed by atoms with Gasteiger partial charge in [0, 0.05) is 13.1 Å². The first kappa shape index (κ1) is 11.1. The van der Waals surface area contributed by atoms with Gasteiger partial charge in [0.15, 0.2) is 11.6 Å². The lowest BCUT2D eigenvalue weighted by Crippen LogP contribution is -2.28. The van der Waals surface area contributed by atoms with Crippen LogP contribution in [-0.2, 0) is 0 Å². The predicted molar refractivity (Wildman–Crippen MR) is 61.6 cm³/mol. The Morgan fingerprint density at radius 2 is 2.31 bits per heavy atom. The van der Waals surface area contributed by atoms with Crippen LogP contribution in [0.3, 0.4) is 0 Å². The Balaban J connectivity index is 2.18. The van der Waals surface area contributed by atoms with Crippen molar-refractivity contribution in [3.8, 4) is 0 Å². The third-order valence-corrected chi connectivity index (χ3v) is 2.71. The summed E-state index contributed by atoms with van der Waals surface area (Å²) in [6.07, 6.45) is 4.59. The summed E-state index contributed by atoms with van der Waals surface area (Å²) in [6.45, 7) is 3.76. The van der Waals surface area contributed by atoms with Crippen LogP contribution in [-0.4, -0.2) is 23.1 Å². The van der Waals surface area contributed by atoms with Gasteiger partial charge in [-0.25, -0.2) is 9.37 Å². The Morgan fingerprint density at radius 1 is 1.56 bits per heavy atom. The van der Waals surface area contributed by atoms with Crippen molar-refractivity contribution in [3.63, 3.8) is 0 Å². The molecule has 2 N–H and O–H groups in total. The van der Waals surface area contributed by atoms with E-state index in [2.05, 4.69) is 16.9 Å². The first-order valence-corrected chi connectivity index (χ1v) is 5.73. The van der Waals surface area contributed by atoms with Crippen molar-refractivity contribution in [1.29, 1.82) is 0 Å². The Bertz CT molecular complexity index is 365. The molecule has 1 fully saturated rings. The highest BCUT2D eigenvalue weighted by molar-refractivity contribution is 5.42. The fourth-order valence-electron chi connectivity index (χ4n) is 1.76. The third kappa shape index (κ3) is 2.59. The molecule has 0 amide bonds. The fourth-order valence-corrected chi connectivity index (χ4v) is 1.76. The molecule has 1 aliphatic carbocycles. The molecule has 0 bridgehead atoms. The van der Waals surface area contributed by atoms with Crippen molar-refractivity contribution >= 4 is 11.8 Å². The lowest BCUT2D eigenvalue weighted by molar-refractivity contribution is 0.593. The summed E-state index contributed by atoms with van der Waals surface area (Å²) < 4.78 is 13.6. The van der Waals surface area contributed by atoms with Crippen molar-refractivity contribution in [2.75, 3.05) is 23.7 Å². The van der Waals surface area contributed by atoms with Crippen molar-refractivity contribution in [3.05, 3.63) is 12.0 Å². The number of nitrogen functional groups attached to an aromatic ring is 1. The molecule has 0 atom stereocenters. The van der Waals surface area contributed by atoms with E-state index >= 15 is 0 Å². The van der Waals surface area contributed by atoms with Crippen LogP contribution in [0.5, 0.6) is 0 Å². The smallest absolute Gasteiger partial charge is 0.222 e. The van der Waals surface area contributed by atoms with E-state index in [-0.39, 0.29) is 11.8 Å². The number of hydrogen-bond donors (Lipinski definition) is 1. The number of rotatable bonds is 5. The Morgan fingerprint density at radius 3 is 2.94 bits per heavy atom. The van der Waals surface area contributed by atoms with Crippen molar-refractivity contribution in [2.24, 2.45) is 5.92 Å². The molecule has 4 nitrogen and oxygen atoms in total. The minimum Gasteiger partial charge on any atom is -0.368 e. The molecule has 0 spiro atoms. The van der Waals surface area contributed by atoms with Crippen LogP contribution in [0.15, 0.2) is 6.20 Å². The van der Waals surface area contributed by atoms with Crippen LogP contribution in [0, 0.1) is 11.7 Å². The summed E-state index contributed by atoms with van der Waals surface area (Å²) in [4.78, 5) is 9.61. The molecule has 16 heavy (non-hydrogen) atoms. The van der Waals surface area contributed by atoms with E-state index in [1.807, 2.05) is 4.90 Å². The van der Waals surface area contributed by atoms with Crippen molar-refractivity contribution in [1.82, 2.24) is 9.97 Å². The zero-order valence-corrected chi connectivity index (χ0v) is 9.49. The molecule has 0 aliphatic heterocycles. The van der Waals surface area contributed by atoms with Gasteiger partial charge in [-0.15, -0.1) is 0 Å². The second-order valence-electron chi connectivity index (χ2n) is 4.29. The minimum absolute atomic E-state index is 0.133. The third-order valence-electron chi connectivity index (χ3n) is 2.71. The Kier molecular flexibility index (Phi) is 3.22. The maximum Gasteiger partial charge on any atom is 0.222 e. The summed E-state index contributed by atoms with van der Waals surface area (Å²) in [6, 6.07) is 0. The van der Waals surface area contributed by atoms with Gasteiger partial charge in [-0.1, -0.05) is 6.92 Å². The van der Waals surface area contributed by atoms with Crippen LogP contribution < -0.4 is 10.6 Å². The zero-order valence-electron chi connectivity index (χ0n) is 9.49. The highest BCUT2D eigenvalue weighted by Gasteiger charge is 2.26. The van der Waals surface area contributed by atoms with Gasteiger partial charge in [0.05, 0.1) is 6.20 Å². The van der Waals surface area contributed by atoms with Gasteiger partial charge in [-0.3, -0.25) is 0 Å². The highest BCUT2D eigenvalue weighted by Crippen LogP contribution is 2.31. The number of halogens is 1. The molecular weight excluding hydrogens is 207 g/mol. The normalized spacial score (nSPS) is 15.1. The summed E-state index contributed by atoms with van der Waals surface area (Å²) in [7, 11) is 0. The van der Waals surface area contributed by atoms with Crippen molar-refractivity contribution < 1.29 is 4.39 Å². The first-order valence-electron chi connectivity index (χ1n) is 5.73. The highest BCUT2D eigenvalue weighted by atomic mass is 19.1. The molecule has 0 radical (unpaired) electrons. The van der Waals surface area contributed by atoms with Crippen LogP contribution in [0.2, 0.25) is 0 Å². The van der Waals surface area contributed by atoms with Crippen LogP contribution >= 0.6 is 0 Å². The van der Waals surface area contributed by atoms with Gasteiger partial charge in [0.1, 0.15) is 0 Å². The molecule has 0 aromatic carbocycles. The van der Waals surface area contributed by atoms with Crippen LogP contribution in [0.1, 0.15) is 26.2 Å². The average Bonchev–Trinajstić information content (AvgIpc) is 3.05. The van der Waals surface area contributed by atoms with E-state index in [1.165, 1.54) is 12.8 Å². The maximum absolute atomic E-state index is 13.6. The quantitative estimate of drug-likeness (QED) is 0.829. The van der Waals surface area contributed by atoms with Gasteiger partial charge < -0.3 is 10.6 Å². The molecule has 1 saturated carbocycles. The van der Waals surface area contributed by atoms with E-state index in [1.54, 1.807) is 0 Å².